The van der Waals surface area contributed by atoms with Gasteiger partial charge in [0, 0.05) is 5.69 Å². The van der Waals surface area contributed by atoms with Gasteiger partial charge in [0.2, 0.25) is 8.32 Å². The molecular weight excluding hydrogens is 380 g/mol. The number of benzene rings is 2. The Morgan fingerprint density at radius 2 is 1.68 bits per heavy atom. The third-order valence-corrected chi connectivity index (χ3v) is 10.5. The first-order valence-corrected chi connectivity index (χ1v) is 13.2. The van der Waals surface area contributed by atoms with E-state index in [1.807, 2.05) is 48.6 Å². The van der Waals surface area contributed by atoms with Gasteiger partial charge in [-0.05, 0) is 60.1 Å². The van der Waals surface area contributed by atoms with Crippen LogP contribution in [0.5, 0.6) is 5.75 Å². The zero-order valence-electron chi connectivity index (χ0n) is 17.2. The molecule has 0 saturated carbocycles. The van der Waals surface area contributed by atoms with Crippen LogP contribution in [0, 0.1) is 0 Å². The van der Waals surface area contributed by atoms with Gasteiger partial charge < -0.3 is 10.2 Å². The summed E-state index contributed by atoms with van der Waals surface area (Å²) in [7, 11) is -1.83. The molecule has 0 atom stereocenters. The van der Waals surface area contributed by atoms with Crippen molar-refractivity contribution < 1.29 is 4.43 Å². The maximum Gasteiger partial charge on any atom is 0.250 e. The number of allylic oxidation sites excluding steroid dienone is 2. The van der Waals surface area contributed by atoms with Crippen molar-refractivity contribution in [1.82, 2.24) is 4.98 Å². The van der Waals surface area contributed by atoms with Crippen LogP contribution >= 0.6 is 11.3 Å². The van der Waals surface area contributed by atoms with Gasteiger partial charge in [-0.2, -0.15) is 0 Å². The minimum absolute atomic E-state index is 0.181. The fourth-order valence-corrected chi connectivity index (χ4v) is 4.35. The van der Waals surface area contributed by atoms with E-state index in [9.17, 15) is 0 Å². The van der Waals surface area contributed by atoms with E-state index >= 15 is 0 Å². The molecule has 0 aliphatic heterocycles. The van der Waals surface area contributed by atoms with Crippen LogP contribution in [-0.4, -0.2) is 13.3 Å². The summed E-state index contributed by atoms with van der Waals surface area (Å²) in [4.78, 5) is 4.69. The number of thiazole rings is 1. The van der Waals surface area contributed by atoms with Crippen molar-refractivity contribution in [2.75, 3.05) is 5.73 Å². The molecule has 0 spiro atoms. The topological polar surface area (TPSA) is 48.1 Å². The van der Waals surface area contributed by atoms with Crippen LogP contribution in [0.15, 0.2) is 54.6 Å². The van der Waals surface area contributed by atoms with E-state index in [1.165, 1.54) is 0 Å². The standard InChI is InChI=1S/C23H28N2OSSi/c1-23(2,3)28(4,5)26-19-14-15-20-21(16-19)27-22(25-20)9-7-6-8-17-10-12-18(24)13-11-17/h6-16H,24H2,1-5H3. The second kappa shape index (κ2) is 7.93. The van der Waals surface area contributed by atoms with E-state index in [1.54, 1.807) is 11.3 Å². The highest BCUT2D eigenvalue weighted by Gasteiger charge is 2.38. The molecule has 0 fully saturated rings. The van der Waals surface area contributed by atoms with Crippen LogP contribution in [0.1, 0.15) is 31.3 Å². The maximum absolute atomic E-state index is 6.42. The lowest BCUT2D eigenvalue weighted by Gasteiger charge is -2.36. The Hall–Kier alpha value is -2.37. The van der Waals surface area contributed by atoms with Gasteiger partial charge in [0.1, 0.15) is 10.8 Å². The third kappa shape index (κ3) is 4.91. The highest BCUT2D eigenvalue weighted by molar-refractivity contribution is 7.19. The van der Waals surface area contributed by atoms with E-state index in [-0.39, 0.29) is 5.04 Å². The first kappa shape index (κ1) is 20.4. The smallest absolute Gasteiger partial charge is 0.250 e. The summed E-state index contributed by atoms with van der Waals surface area (Å²) in [6, 6.07) is 14.0. The minimum Gasteiger partial charge on any atom is -0.543 e. The predicted molar refractivity (Wildman–Crippen MR) is 126 cm³/mol. The van der Waals surface area contributed by atoms with Crippen LogP contribution in [0.3, 0.4) is 0 Å². The third-order valence-electron chi connectivity index (χ3n) is 5.13. The van der Waals surface area contributed by atoms with Gasteiger partial charge in [-0.25, -0.2) is 4.98 Å². The van der Waals surface area contributed by atoms with Gasteiger partial charge in [-0.3, -0.25) is 0 Å². The fourth-order valence-electron chi connectivity index (χ4n) is 2.42. The molecule has 1 aromatic heterocycles. The molecule has 28 heavy (non-hydrogen) atoms. The molecule has 0 aliphatic carbocycles. The molecular formula is C23H28N2OSSi. The van der Waals surface area contributed by atoms with Crippen molar-refractivity contribution in [3.8, 4) is 5.75 Å². The van der Waals surface area contributed by atoms with Crippen molar-refractivity contribution in [3.05, 3.63) is 65.2 Å². The molecule has 0 amide bonds. The van der Waals surface area contributed by atoms with E-state index in [2.05, 4.69) is 52.1 Å². The van der Waals surface area contributed by atoms with Gasteiger partial charge in [-0.15, -0.1) is 11.3 Å². The molecule has 3 nitrogen and oxygen atoms in total. The lowest BCUT2D eigenvalue weighted by atomic mass is 10.2. The molecule has 2 N–H and O–H groups in total. The SMILES string of the molecule is CC(C)(C)[Si](C)(C)Oc1ccc2nc(C=CC=Cc3ccc(N)cc3)sc2c1. The van der Waals surface area contributed by atoms with E-state index in [0.717, 1.165) is 32.2 Å². The molecule has 3 rings (SSSR count). The predicted octanol–water partition coefficient (Wildman–Crippen LogP) is 6.99. The number of anilines is 1. The van der Waals surface area contributed by atoms with Crippen LogP contribution in [0.25, 0.3) is 22.4 Å². The Balaban J connectivity index is 1.73. The van der Waals surface area contributed by atoms with E-state index in [4.69, 9.17) is 15.1 Å². The Morgan fingerprint density at radius 1 is 1.00 bits per heavy atom. The van der Waals surface area contributed by atoms with Crippen LogP contribution in [0.4, 0.5) is 5.69 Å². The molecule has 0 bridgehead atoms. The van der Waals surface area contributed by atoms with Crippen LogP contribution < -0.4 is 10.2 Å². The molecule has 146 valence electrons. The lowest BCUT2D eigenvalue weighted by Crippen LogP contribution is -2.43. The molecule has 0 saturated heterocycles. The average Bonchev–Trinajstić information content (AvgIpc) is 3.01. The largest absolute Gasteiger partial charge is 0.543 e. The summed E-state index contributed by atoms with van der Waals surface area (Å²) in [5.41, 5.74) is 8.61. The summed E-state index contributed by atoms with van der Waals surface area (Å²) in [5.74, 6) is 0.946. The Morgan fingerprint density at radius 3 is 2.36 bits per heavy atom. The van der Waals surface area contributed by atoms with E-state index < -0.39 is 8.32 Å². The molecule has 1 heterocycles. The van der Waals surface area contributed by atoms with Crippen LogP contribution in [-0.2, 0) is 0 Å². The van der Waals surface area contributed by atoms with Gasteiger partial charge >= 0.3 is 0 Å². The van der Waals surface area contributed by atoms with Crippen molar-refractivity contribution >= 4 is 47.7 Å². The van der Waals surface area contributed by atoms with Crippen molar-refractivity contribution in [3.63, 3.8) is 0 Å². The number of nitrogens with two attached hydrogens (primary N) is 1. The first-order chi connectivity index (χ1) is 13.1. The second-order valence-electron chi connectivity index (χ2n) is 8.43. The number of nitrogens with zero attached hydrogens (tertiary/aromatic N) is 1. The maximum atomic E-state index is 6.42. The summed E-state index contributed by atoms with van der Waals surface area (Å²) < 4.78 is 7.57. The molecule has 2 aromatic carbocycles. The van der Waals surface area contributed by atoms with Gasteiger partial charge in [-0.1, -0.05) is 51.1 Å². The van der Waals surface area contributed by atoms with Crippen LogP contribution in [0.2, 0.25) is 18.1 Å². The Bertz CT molecular complexity index is 1010. The number of hydrogen-bond acceptors (Lipinski definition) is 4. The average molecular weight is 409 g/mol. The lowest BCUT2D eigenvalue weighted by molar-refractivity contribution is 0.493. The summed E-state index contributed by atoms with van der Waals surface area (Å²) in [6.07, 6.45) is 8.12. The fraction of sp³-hybridized carbons (Fsp3) is 0.261. The first-order valence-electron chi connectivity index (χ1n) is 9.44. The number of fused-ring (bicyclic) bond motifs is 1. The summed E-state index contributed by atoms with van der Waals surface area (Å²) >= 11 is 1.68. The summed E-state index contributed by atoms with van der Waals surface area (Å²) in [5, 5.41) is 1.17. The molecule has 0 aliphatic rings. The Kier molecular flexibility index (Phi) is 5.77. The second-order valence-corrected chi connectivity index (χ2v) is 14.2. The molecule has 0 radical (unpaired) electrons. The quantitative estimate of drug-likeness (QED) is 0.281. The van der Waals surface area contributed by atoms with Gasteiger partial charge in [0.25, 0.3) is 0 Å². The van der Waals surface area contributed by atoms with Gasteiger partial charge in [0.05, 0.1) is 10.2 Å². The normalized spacial score (nSPS) is 13.0. The monoisotopic (exact) mass is 408 g/mol. The number of nitrogen functional groups attached to an aromatic ring is 1. The Labute approximate surface area is 172 Å². The number of rotatable bonds is 5. The zero-order valence-corrected chi connectivity index (χ0v) is 19.0. The molecule has 0 unspecified atom stereocenters. The van der Waals surface area contributed by atoms with Crippen molar-refractivity contribution in [2.24, 2.45) is 0 Å². The van der Waals surface area contributed by atoms with Gasteiger partial charge in [0.15, 0.2) is 0 Å². The minimum atomic E-state index is -1.83. The summed E-state index contributed by atoms with van der Waals surface area (Å²) in [6.45, 7) is 11.3. The van der Waals surface area contributed by atoms with Crippen molar-refractivity contribution in [1.29, 1.82) is 0 Å². The zero-order chi connectivity index (χ0) is 20.4. The number of hydrogen-bond donors (Lipinski definition) is 1. The molecule has 3 aromatic rings. The molecule has 5 heteroatoms. The highest BCUT2D eigenvalue weighted by Crippen LogP contribution is 2.38. The number of aromatic nitrogens is 1. The van der Waals surface area contributed by atoms with Crippen molar-refractivity contribution in [2.45, 2.75) is 38.9 Å². The highest BCUT2D eigenvalue weighted by atomic mass is 32.1. The van der Waals surface area contributed by atoms with E-state index in [0.29, 0.717) is 0 Å².